The number of hydrogen-bond donors (Lipinski definition) is 2. The highest BCUT2D eigenvalue weighted by Crippen LogP contribution is 2.29. The highest BCUT2D eigenvalue weighted by Gasteiger charge is 2.23. The second kappa shape index (κ2) is 6.86. The van der Waals surface area contributed by atoms with E-state index in [2.05, 4.69) is 17.6 Å². The molecule has 4 heteroatoms. The number of methoxy groups -OCH3 is 1. The van der Waals surface area contributed by atoms with Crippen molar-refractivity contribution < 1.29 is 9.53 Å². The fourth-order valence-electron chi connectivity index (χ4n) is 1.98. The van der Waals surface area contributed by atoms with Crippen molar-refractivity contribution in [1.29, 1.82) is 0 Å². The van der Waals surface area contributed by atoms with E-state index in [0.29, 0.717) is 19.2 Å². The average Bonchev–Trinajstić information content (AvgIpc) is 2.12. The van der Waals surface area contributed by atoms with Crippen LogP contribution in [-0.4, -0.2) is 38.3 Å². The average molecular weight is 228 g/mol. The molecule has 0 aliphatic heterocycles. The molecule has 0 heterocycles. The van der Waals surface area contributed by atoms with Crippen LogP contribution in [0.15, 0.2) is 0 Å². The molecule has 1 saturated carbocycles. The van der Waals surface area contributed by atoms with Gasteiger partial charge in [0.15, 0.2) is 0 Å². The molecule has 4 nitrogen and oxygen atoms in total. The molecule has 1 aliphatic carbocycles. The molecule has 0 aromatic rings. The lowest BCUT2D eigenvalue weighted by molar-refractivity contribution is -0.121. The first-order valence-electron chi connectivity index (χ1n) is 6.15. The van der Waals surface area contributed by atoms with Gasteiger partial charge in [-0.25, -0.2) is 0 Å². The van der Waals surface area contributed by atoms with Gasteiger partial charge in [-0.1, -0.05) is 6.42 Å². The van der Waals surface area contributed by atoms with Gasteiger partial charge in [0, 0.05) is 19.2 Å². The number of carbonyl (C=O) groups is 1. The minimum absolute atomic E-state index is 0.0516. The van der Waals surface area contributed by atoms with E-state index in [1.54, 1.807) is 7.11 Å². The molecule has 0 aromatic carbocycles. The van der Waals surface area contributed by atoms with Crippen LogP contribution in [0.2, 0.25) is 0 Å². The van der Waals surface area contributed by atoms with E-state index in [0.717, 1.165) is 5.92 Å². The van der Waals surface area contributed by atoms with Crippen LogP contribution >= 0.6 is 0 Å². The maximum atomic E-state index is 11.5. The molecule has 2 N–H and O–H groups in total. The first kappa shape index (κ1) is 13.5. The normalized spacial score (nSPS) is 19.9. The molecule has 0 bridgehead atoms. The van der Waals surface area contributed by atoms with Crippen LogP contribution in [0.4, 0.5) is 0 Å². The Morgan fingerprint density at radius 3 is 2.62 bits per heavy atom. The molecule has 1 amide bonds. The monoisotopic (exact) mass is 228 g/mol. The summed E-state index contributed by atoms with van der Waals surface area (Å²) in [5, 5.41) is 6.16. The largest absolute Gasteiger partial charge is 0.383 e. The van der Waals surface area contributed by atoms with Crippen LogP contribution in [0.1, 0.15) is 33.1 Å². The van der Waals surface area contributed by atoms with Crippen LogP contribution in [0.3, 0.4) is 0 Å². The summed E-state index contributed by atoms with van der Waals surface area (Å²) in [6, 6.07) is 0.538. The Labute approximate surface area is 98.1 Å². The van der Waals surface area contributed by atoms with Gasteiger partial charge < -0.3 is 15.4 Å². The lowest BCUT2D eigenvalue weighted by Gasteiger charge is -2.32. The van der Waals surface area contributed by atoms with E-state index >= 15 is 0 Å². The summed E-state index contributed by atoms with van der Waals surface area (Å²) in [5.41, 5.74) is 0. The molecule has 1 fully saturated rings. The third kappa shape index (κ3) is 4.49. The topological polar surface area (TPSA) is 50.4 Å². The predicted octanol–water partition coefficient (Wildman–Crippen LogP) is 0.916. The summed E-state index contributed by atoms with van der Waals surface area (Å²) in [4.78, 5) is 11.5. The number of ether oxygens (including phenoxy) is 1. The quantitative estimate of drug-likeness (QED) is 0.681. The van der Waals surface area contributed by atoms with Crippen LogP contribution in [0, 0.1) is 5.92 Å². The second-order valence-corrected chi connectivity index (χ2v) is 4.78. The molecule has 1 rings (SSSR count). The summed E-state index contributed by atoms with van der Waals surface area (Å²) in [6.07, 6.45) is 3.94. The van der Waals surface area contributed by atoms with Crippen molar-refractivity contribution in [2.75, 3.05) is 20.3 Å². The Bertz CT molecular complexity index is 217. The number of carbonyl (C=O) groups excluding carboxylic acids is 1. The van der Waals surface area contributed by atoms with Crippen molar-refractivity contribution >= 4 is 5.91 Å². The summed E-state index contributed by atoms with van der Waals surface area (Å²) >= 11 is 0. The van der Waals surface area contributed by atoms with Gasteiger partial charge in [-0.3, -0.25) is 4.79 Å². The zero-order valence-corrected chi connectivity index (χ0v) is 10.6. The zero-order chi connectivity index (χ0) is 12.0. The van der Waals surface area contributed by atoms with Crippen molar-refractivity contribution in [2.45, 2.75) is 45.2 Å². The fraction of sp³-hybridized carbons (Fsp3) is 0.917. The van der Waals surface area contributed by atoms with Gasteiger partial charge in [-0.2, -0.15) is 0 Å². The van der Waals surface area contributed by atoms with Crippen LogP contribution in [0.25, 0.3) is 0 Å². The van der Waals surface area contributed by atoms with Crippen molar-refractivity contribution in [3.63, 3.8) is 0 Å². The second-order valence-electron chi connectivity index (χ2n) is 4.78. The van der Waals surface area contributed by atoms with Gasteiger partial charge >= 0.3 is 0 Å². The van der Waals surface area contributed by atoms with Gasteiger partial charge in [-0.15, -0.1) is 0 Å². The van der Waals surface area contributed by atoms with Gasteiger partial charge in [0.05, 0.1) is 13.2 Å². The number of hydrogen-bond acceptors (Lipinski definition) is 3. The lowest BCUT2D eigenvalue weighted by atomic mass is 9.80. The number of rotatable bonds is 7. The highest BCUT2D eigenvalue weighted by atomic mass is 16.5. The van der Waals surface area contributed by atoms with Gasteiger partial charge in [0.25, 0.3) is 0 Å². The molecule has 0 saturated heterocycles. The number of nitrogens with one attached hydrogen (secondary N) is 2. The van der Waals surface area contributed by atoms with E-state index < -0.39 is 0 Å². The SMILES string of the molecule is COCC(C)NC(=O)CNC(C)C1CCC1. The molecule has 0 spiro atoms. The van der Waals surface area contributed by atoms with E-state index in [1.165, 1.54) is 19.3 Å². The van der Waals surface area contributed by atoms with E-state index in [9.17, 15) is 4.79 Å². The smallest absolute Gasteiger partial charge is 0.234 e. The molecular formula is C12H24N2O2. The van der Waals surface area contributed by atoms with Crippen molar-refractivity contribution in [3.8, 4) is 0 Å². The van der Waals surface area contributed by atoms with E-state index in [1.807, 2.05) is 6.92 Å². The third-order valence-corrected chi connectivity index (χ3v) is 3.27. The standard InChI is InChI=1S/C12H24N2O2/c1-9(8-16-3)14-12(15)7-13-10(2)11-5-4-6-11/h9-11,13H,4-8H2,1-3H3,(H,14,15). The number of amides is 1. The minimum atomic E-state index is 0.0516. The van der Waals surface area contributed by atoms with Gasteiger partial charge in [-0.05, 0) is 32.6 Å². The Hall–Kier alpha value is -0.610. The summed E-state index contributed by atoms with van der Waals surface area (Å²) in [6.45, 7) is 5.07. The summed E-state index contributed by atoms with van der Waals surface area (Å²) < 4.78 is 4.96. The van der Waals surface area contributed by atoms with Crippen LogP contribution in [-0.2, 0) is 9.53 Å². The van der Waals surface area contributed by atoms with Crippen molar-refractivity contribution in [3.05, 3.63) is 0 Å². The van der Waals surface area contributed by atoms with Crippen molar-refractivity contribution in [1.82, 2.24) is 10.6 Å². The molecular weight excluding hydrogens is 204 g/mol. The lowest BCUT2D eigenvalue weighted by Crippen LogP contribution is -2.45. The first-order chi connectivity index (χ1) is 7.63. The van der Waals surface area contributed by atoms with Crippen LogP contribution in [0.5, 0.6) is 0 Å². The maximum absolute atomic E-state index is 11.5. The van der Waals surface area contributed by atoms with Gasteiger partial charge in [0.2, 0.25) is 5.91 Å². The Morgan fingerprint density at radius 2 is 2.12 bits per heavy atom. The molecule has 0 aromatic heterocycles. The third-order valence-electron chi connectivity index (χ3n) is 3.27. The molecule has 2 atom stereocenters. The molecule has 0 radical (unpaired) electrons. The minimum Gasteiger partial charge on any atom is -0.383 e. The molecule has 1 aliphatic rings. The van der Waals surface area contributed by atoms with Crippen LogP contribution < -0.4 is 10.6 Å². The Morgan fingerprint density at radius 1 is 1.44 bits per heavy atom. The highest BCUT2D eigenvalue weighted by molar-refractivity contribution is 5.78. The Balaban J connectivity index is 2.09. The fourth-order valence-corrected chi connectivity index (χ4v) is 1.98. The molecule has 2 unspecified atom stereocenters. The van der Waals surface area contributed by atoms with E-state index in [4.69, 9.17) is 4.74 Å². The van der Waals surface area contributed by atoms with Crippen molar-refractivity contribution in [2.24, 2.45) is 5.92 Å². The zero-order valence-electron chi connectivity index (χ0n) is 10.6. The van der Waals surface area contributed by atoms with Gasteiger partial charge in [0.1, 0.15) is 0 Å². The summed E-state index contributed by atoms with van der Waals surface area (Å²) in [5.74, 6) is 0.819. The molecule has 94 valence electrons. The van der Waals surface area contributed by atoms with E-state index in [-0.39, 0.29) is 11.9 Å². The predicted molar refractivity (Wildman–Crippen MR) is 64.3 cm³/mol. The Kier molecular flexibility index (Phi) is 5.77. The molecule has 16 heavy (non-hydrogen) atoms. The maximum Gasteiger partial charge on any atom is 0.234 e. The summed E-state index contributed by atoms with van der Waals surface area (Å²) in [7, 11) is 1.64. The first-order valence-corrected chi connectivity index (χ1v) is 6.15.